The molecule has 0 aliphatic rings. The number of rotatable bonds is 9. The summed E-state index contributed by atoms with van der Waals surface area (Å²) in [6.07, 6.45) is -0.570. The maximum Gasteiger partial charge on any atom is 0.119 e. The fourth-order valence-corrected chi connectivity index (χ4v) is 2.51. The molecule has 2 rings (SSSR count). The lowest BCUT2D eigenvalue weighted by Gasteiger charge is -2.14. The van der Waals surface area contributed by atoms with Crippen LogP contribution in [-0.2, 0) is 0 Å². The van der Waals surface area contributed by atoms with E-state index in [0.717, 1.165) is 11.4 Å². The van der Waals surface area contributed by atoms with Crippen molar-refractivity contribution in [1.29, 1.82) is 0 Å². The number of aliphatic hydroxyl groups excluding tert-OH is 1. The predicted molar refractivity (Wildman–Crippen MR) is 95.8 cm³/mol. The number of hydrogen-bond acceptors (Lipinski definition) is 4. The van der Waals surface area contributed by atoms with Crippen LogP contribution in [0.2, 0.25) is 10.0 Å². The highest BCUT2D eigenvalue weighted by Crippen LogP contribution is 2.29. The van der Waals surface area contributed by atoms with E-state index < -0.39 is 6.10 Å². The summed E-state index contributed by atoms with van der Waals surface area (Å²) in [7, 11) is 0. The first kappa shape index (κ1) is 17.9. The van der Waals surface area contributed by atoms with Gasteiger partial charge in [0.05, 0.1) is 15.7 Å². The molecule has 0 aromatic heterocycles. The van der Waals surface area contributed by atoms with Crippen molar-refractivity contribution in [2.75, 3.05) is 31.6 Å². The van der Waals surface area contributed by atoms with Crippen molar-refractivity contribution in [2.45, 2.75) is 6.10 Å². The minimum atomic E-state index is -0.570. The Kier molecular flexibility index (Phi) is 7.49. The van der Waals surface area contributed by atoms with Crippen molar-refractivity contribution in [1.82, 2.24) is 5.32 Å². The summed E-state index contributed by atoms with van der Waals surface area (Å²) < 4.78 is 5.49. The molecular formula is C17H20Cl2N2O2. The first-order valence-electron chi connectivity index (χ1n) is 7.41. The molecule has 124 valence electrons. The Morgan fingerprint density at radius 3 is 2.35 bits per heavy atom. The minimum absolute atomic E-state index is 0.251. The van der Waals surface area contributed by atoms with Crippen LogP contribution in [0.3, 0.4) is 0 Å². The average Bonchev–Trinajstić information content (AvgIpc) is 2.56. The topological polar surface area (TPSA) is 53.5 Å². The molecule has 0 saturated carbocycles. The second kappa shape index (κ2) is 9.63. The molecule has 2 aromatic rings. The lowest BCUT2D eigenvalue weighted by molar-refractivity contribution is 0.107. The molecule has 0 fully saturated rings. The Morgan fingerprint density at radius 2 is 1.65 bits per heavy atom. The van der Waals surface area contributed by atoms with Crippen molar-refractivity contribution in [3.05, 3.63) is 58.6 Å². The summed E-state index contributed by atoms with van der Waals surface area (Å²) in [5.41, 5.74) is 0.727. The van der Waals surface area contributed by atoms with E-state index in [9.17, 15) is 5.11 Å². The van der Waals surface area contributed by atoms with Crippen LogP contribution >= 0.6 is 23.2 Å². The Bertz CT molecular complexity index is 576. The average molecular weight is 355 g/mol. The van der Waals surface area contributed by atoms with Crippen LogP contribution in [0, 0.1) is 0 Å². The van der Waals surface area contributed by atoms with Gasteiger partial charge >= 0.3 is 0 Å². The van der Waals surface area contributed by atoms with Gasteiger partial charge in [-0.15, -0.1) is 0 Å². The van der Waals surface area contributed by atoms with E-state index in [4.69, 9.17) is 27.9 Å². The number of benzene rings is 2. The molecule has 0 spiro atoms. The van der Waals surface area contributed by atoms with Gasteiger partial charge in [0.25, 0.3) is 0 Å². The van der Waals surface area contributed by atoms with Crippen LogP contribution in [-0.4, -0.2) is 37.5 Å². The summed E-state index contributed by atoms with van der Waals surface area (Å²) in [5.74, 6) is 0.751. The fourth-order valence-electron chi connectivity index (χ4n) is 1.98. The first-order chi connectivity index (χ1) is 11.2. The van der Waals surface area contributed by atoms with Gasteiger partial charge in [-0.2, -0.15) is 0 Å². The summed E-state index contributed by atoms with van der Waals surface area (Å²) >= 11 is 12.1. The molecule has 2 aromatic carbocycles. The number of aliphatic hydroxyl groups is 1. The number of halogens is 2. The van der Waals surface area contributed by atoms with Gasteiger partial charge in [-0.1, -0.05) is 47.5 Å². The molecule has 0 radical (unpaired) electrons. The largest absolute Gasteiger partial charge is 0.491 e. The molecule has 1 unspecified atom stereocenters. The number of hydrogen-bond donors (Lipinski definition) is 3. The van der Waals surface area contributed by atoms with E-state index in [1.165, 1.54) is 0 Å². The van der Waals surface area contributed by atoms with Crippen LogP contribution < -0.4 is 15.4 Å². The van der Waals surface area contributed by atoms with E-state index in [-0.39, 0.29) is 6.61 Å². The van der Waals surface area contributed by atoms with E-state index in [0.29, 0.717) is 29.7 Å². The minimum Gasteiger partial charge on any atom is -0.491 e. The lowest BCUT2D eigenvalue weighted by atomic mass is 10.3. The highest BCUT2D eigenvalue weighted by molar-refractivity contribution is 6.39. The fraction of sp³-hybridized carbons (Fsp3) is 0.294. The van der Waals surface area contributed by atoms with Gasteiger partial charge in [0.1, 0.15) is 18.5 Å². The van der Waals surface area contributed by atoms with Crippen molar-refractivity contribution in [2.24, 2.45) is 0 Å². The molecule has 0 aliphatic carbocycles. The monoisotopic (exact) mass is 354 g/mol. The zero-order valence-electron chi connectivity index (χ0n) is 12.6. The maximum absolute atomic E-state index is 9.86. The Hall–Kier alpha value is -1.46. The van der Waals surface area contributed by atoms with Crippen molar-refractivity contribution >= 4 is 28.9 Å². The third-order valence-electron chi connectivity index (χ3n) is 3.13. The Balaban J connectivity index is 1.60. The maximum atomic E-state index is 9.86. The van der Waals surface area contributed by atoms with E-state index >= 15 is 0 Å². The second-order valence-electron chi connectivity index (χ2n) is 5.01. The standard InChI is InChI=1S/C17H20Cl2N2O2/c18-15-7-4-8-16(19)17(15)21-10-9-20-11-13(22)12-23-14-5-2-1-3-6-14/h1-8,13,20-22H,9-12H2. The van der Waals surface area contributed by atoms with Crippen molar-refractivity contribution in [3.63, 3.8) is 0 Å². The predicted octanol–water partition coefficient (Wildman–Crippen LogP) is 3.43. The second-order valence-corrected chi connectivity index (χ2v) is 5.82. The van der Waals surface area contributed by atoms with E-state index in [2.05, 4.69) is 10.6 Å². The van der Waals surface area contributed by atoms with Gasteiger partial charge in [-0.05, 0) is 24.3 Å². The SMILES string of the molecule is OC(CNCCNc1c(Cl)cccc1Cl)COc1ccccc1. The normalized spacial score (nSPS) is 12.0. The van der Waals surface area contributed by atoms with Gasteiger partial charge in [0.15, 0.2) is 0 Å². The summed E-state index contributed by atoms with van der Waals surface area (Å²) in [6.45, 7) is 2.02. The van der Waals surface area contributed by atoms with Gasteiger partial charge in [0.2, 0.25) is 0 Å². The number of anilines is 1. The number of nitrogens with one attached hydrogen (secondary N) is 2. The lowest BCUT2D eigenvalue weighted by Crippen LogP contribution is -2.34. The van der Waals surface area contributed by atoms with Crippen LogP contribution in [0.4, 0.5) is 5.69 Å². The van der Waals surface area contributed by atoms with Gasteiger partial charge in [-0.3, -0.25) is 0 Å². The molecule has 0 heterocycles. The summed E-state index contributed by atoms with van der Waals surface area (Å²) in [4.78, 5) is 0. The smallest absolute Gasteiger partial charge is 0.119 e. The quantitative estimate of drug-likeness (QED) is 0.604. The molecule has 1 atom stereocenters. The van der Waals surface area contributed by atoms with Crippen LogP contribution in [0.25, 0.3) is 0 Å². The number of ether oxygens (including phenoxy) is 1. The molecule has 3 N–H and O–H groups in total. The molecule has 0 bridgehead atoms. The number of para-hydroxylation sites is 2. The van der Waals surface area contributed by atoms with Crippen LogP contribution in [0.15, 0.2) is 48.5 Å². The van der Waals surface area contributed by atoms with E-state index in [1.54, 1.807) is 18.2 Å². The highest BCUT2D eigenvalue weighted by Gasteiger charge is 2.06. The van der Waals surface area contributed by atoms with Gasteiger partial charge in [-0.25, -0.2) is 0 Å². The summed E-state index contributed by atoms with van der Waals surface area (Å²) in [6, 6.07) is 14.8. The van der Waals surface area contributed by atoms with Crippen LogP contribution in [0.1, 0.15) is 0 Å². The molecule has 0 amide bonds. The van der Waals surface area contributed by atoms with Gasteiger partial charge < -0.3 is 20.5 Å². The molecule has 0 aliphatic heterocycles. The third kappa shape index (κ3) is 6.28. The molecule has 6 heteroatoms. The molecule has 23 heavy (non-hydrogen) atoms. The first-order valence-corrected chi connectivity index (χ1v) is 8.17. The molecule has 4 nitrogen and oxygen atoms in total. The zero-order chi connectivity index (χ0) is 16.5. The Morgan fingerprint density at radius 1 is 0.957 bits per heavy atom. The van der Waals surface area contributed by atoms with Gasteiger partial charge in [0, 0.05) is 19.6 Å². The third-order valence-corrected chi connectivity index (χ3v) is 3.76. The van der Waals surface area contributed by atoms with Crippen molar-refractivity contribution in [3.8, 4) is 5.75 Å². The van der Waals surface area contributed by atoms with E-state index in [1.807, 2.05) is 30.3 Å². The zero-order valence-corrected chi connectivity index (χ0v) is 14.1. The highest BCUT2D eigenvalue weighted by atomic mass is 35.5. The molecular weight excluding hydrogens is 335 g/mol. The molecule has 0 saturated heterocycles. The van der Waals surface area contributed by atoms with Crippen molar-refractivity contribution < 1.29 is 9.84 Å². The Labute approximate surface area is 146 Å². The summed E-state index contributed by atoms with van der Waals surface area (Å²) in [5, 5.41) is 17.4. The van der Waals surface area contributed by atoms with Crippen LogP contribution in [0.5, 0.6) is 5.75 Å².